The molecule has 0 radical (unpaired) electrons. The quantitative estimate of drug-likeness (QED) is 0.590. The van der Waals surface area contributed by atoms with Crippen molar-refractivity contribution in [1.82, 2.24) is 9.97 Å². The topological polar surface area (TPSA) is 87.0 Å². The highest BCUT2D eigenvalue weighted by Gasteiger charge is 2.17. The average Bonchev–Trinajstić information content (AvgIpc) is 2.50. The predicted octanol–water partition coefficient (Wildman–Crippen LogP) is -0.452. The van der Waals surface area contributed by atoms with Crippen LogP contribution in [0.1, 0.15) is 17.0 Å². The van der Waals surface area contributed by atoms with Crippen LogP contribution in [-0.4, -0.2) is 9.97 Å². The fraction of sp³-hybridized carbons (Fsp3) is 0.429. The van der Waals surface area contributed by atoms with E-state index in [1.807, 2.05) is 0 Å². The van der Waals surface area contributed by atoms with Crippen molar-refractivity contribution in [3.8, 4) is 0 Å². The van der Waals surface area contributed by atoms with Gasteiger partial charge in [0, 0.05) is 12.1 Å². The Morgan fingerprint density at radius 2 is 2.17 bits per heavy atom. The fourth-order valence-electron chi connectivity index (χ4n) is 1.31. The van der Waals surface area contributed by atoms with Crippen LogP contribution in [0.4, 0.5) is 5.95 Å². The number of ether oxygens (including phenoxy) is 1. The lowest BCUT2D eigenvalue weighted by atomic mass is 10.2. The summed E-state index contributed by atoms with van der Waals surface area (Å²) >= 11 is 0. The summed E-state index contributed by atoms with van der Waals surface area (Å²) in [7, 11) is 0. The number of hydrogen-bond acceptors (Lipinski definition) is 5. The SMILES string of the molecule is NCc1nc(N)nc2c1COC2. The minimum absolute atomic E-state index is 0.278. The van der Waals surface area contributed by atoms with E-state index in [-0.39, 0.29) is 5.95 Å². The highest BCUT2D eigenvalue weighted by atomic mass is 16.5. The van der Waals surface area contributed by atoms with Gasteiger partial charge in [0.15, 0.2) is 0 Å². The van der Waals surface area contributed by atoms with Crippen LogP contribution in [0.5, 0.6) is 0 Å². The van der Waals surface area contributed by atoms with Crippen molar-refractivity contribution in [3.63, 3.8) is 0 Å². The summed E-state index contributed by atoms with van der Waals surface area (Å²) in [5.74, 6) is 0.278. The van der Waals surface area contributed by atoms with Gasteiger partial charge in [-0.3, -0.25) is 0 Å². The van der Waals surface area contributed by atoms with Gasteiger partial charge in [0.2, 0.25) is 5.95 Å². The Kier molecular flexibility index (Phi) is 1.67. The number of hydrogen-bond donors (Lipinski definition) is 2. The van der Waals surface area contributed by atoms with Crippen LogP contribution in [0.15, 0.2) is 0 Å². The van der Waals surface area contributed by atoms with Crippen LogP contribution >= 0.6 is 0 Å². The van der Waals surface area contributed by atoms with E-state index < -0.39 is 0 Å². The lowest BCUT2D eigenvalue weighted by Gasteiger charge is -2.03. The van der Waals surface area contributed by atoms with Gasteiger partial charge in [0.1, 0.15) is 0 Å². The average molecular weight is 166 g/mol. The Morgan fingerprint density at radius 3 is 2.92 bits per heavy atom. The third-order valence-electron chi connectivity index (χ3n) is 1.87. The highest BCUT2D eigenvalue weighted by Crippen LogP contribution is 2.20. The maximum atomic E-state index is 5.49. The predicted molar refractivity (Wildman–Crippen MR) is 42.8 cm³/mol. The van der Waals surface area contributed by atoms with Gasteiger partial charge in [-0.1, -0.05) is 0 Å². The molecule has 5 heteroatoms. The lowest BCUT2D eigenvalue weighted by molar-refractivity contribution is 0.133. The second-order valence-electron chi connectivity index (χ2n) is 2.65. The molecule has 0 aromatic carbocycles. The van der Waals surface area contributed by atoms with Crippen LogP contribution < -0.4 is 11.5 Å². The minimum atomic E-state index is 0.278. The van der Waals surface area contributed by atoms with Crippen molar-refractivity contribution in [2.24, 2.45) is 5.73 Å². The summed E-state index contributed by atoms with van der Waals surface area (Å²) in [5.41, 5.74) is 13.6. The summed E-state index contributed by atoms with van der Waals surface area (Å²) in [6, 6.07) is 0. The molecule has 0 fully saturated rings. The van der Waals surface area contributed by atoms with Gasteiger partial charge in [0.05, 0.1) is 24.6 Å². The Bertz CT molecular complexity index is 313. The van der Waals surface area contributed by atoms with Gasteiger partial charge < -0.3 is 16.2 Å². The van der Waals surface area contributed by atoms with Crippen molar-refractivity contribution in [2.75, 3.05) is 5.73 Å². The minimum Gasteiger partial charge on any atom is -0.370 e. The first kappa shape index (κ1) is 7.45. The van der Waals surface area contributed by atoms with Crippen LogP contribution in [0.3, 0.4) is 0 Å². The van der Waals surface area contributed by atoms with E-state index in [1.54, 1.807) is 0 Å². The first-order chi connectivity index (χ1) is 5.81. The molecule has 0 bridgehead atoms. The highest BCUT2D eigenvalue weighted by molar-refractivity contribution is 5.32. The Morgan fingerprint density at radius 1 is 1.33 bits per heavy atom. The van der Waals surface area contributed by atoms with E-state index in [4.69, 9.17) is 16.2 Å². The number of nitrogen functional groups attached to an aromatic ring is 1. The van der Waals surface area contributed by atoms with Crippen molar-refractivity contribution >= 4 is 5.95 Å². The Balaban J connectivity index is 2.55. The molecular weight excluding hydrogens is 156 g/mol. The monoisotopic (exact) mass is 166 g/mol. The molecule has 0 saturated carbocycles. The standard InChI is InChI=1S/C7H10N4O/c8-1-5-4-2-12-3-6(4)11-7(9)10-5/h1-3,8H2,(H2,9,10,11). The number of fused-ring (bicyclic) bond motifs is 1. The smallest absolute Gasteiger partial charge is 0.220 e. The van der Waals surface area contributed by atoms with E-state index in [0.29, 0.717) is 19.8 Å². The van der Waals surface area contributed by atoms with Gasteiger partial charge >= 0.3 is 0 Å². The molecule has 2 rings (SSSR count). The van der Waals surface area contributed by atoms with E-state index in [2.05, 4.69) is 9.97 Å². The third kappa shape index (κ3) is 1.03. The summed E-state index contributed by atoms with van der Waals surface area (Å²) in [6.07, 6.45) is 0. The van der Waals surface area contributed by atoms with Gasteiger partial charge in [-0.15, -0.1) is 0 Å². The Labute approximate surface area is 69.8 Å². The van der Waals surface area contributed by atoms with Crippen molar-refractivity contribution < 1.29 is 4.74 Å². The lowest BCUT2D eigenvalue weighted by Crippen LogP contribution is -2.09. The third-order valence-corrected chi connectivity index (χ3v) is 1.87. The van der Waals surface area contributed by atoms with Gasteiger partial charge in [-0.2, -0.15) is 0 Å². The summed E-state index contributed by atoms with van der Waals surface area (Å²) in [4.78, 5) is 8.07. The van der Waals surface area contributed by atoms with Gasteiger partial charge in [0.25, 0.3) is 0 Å². The number of rotatable bonds is 1. The van der Waals surface area contributed by atoms with Gasteiger partial charge in [-0.05, 0) is 0 Å². The molecule has 2 heterocycles. The molecule has 0 aliphatic carbocycles. The molecule has 0 amide bonds. The Hall–Kier alpha value is -1.20. The zero-order valence-electron chi connectivity index (χ0n) is 6.58. The second-order valence-corrected chi connectivity index (χ2v) is 2.65. The first-order valence-electron chi connectivity index (χ1n) is 3.73. The first-order valence-corrected chi connectivity index (χ1v) is 3.73. The zero-order chi connectivity index (χ0) is 8.55. The van der Waals surface area contributed by atoms with E-state index in [9.17, 15) is 0 Å². The normalized spacial score (nSPS) is 14.8. The van der Waals surface area contributed by atoms with Gasteiger partial charge in [-0.25, -0.2) is 9.97 Å². The van der Waals surface area contributed by atoms with Crippen LogP contribution in [0, 0.1) is 0 Å². The molecule has 0 saturated heterocycles. The molecule has 4 N–H and O–H groups in total. The molecule has 1 aromatic rings. The second kappa shape index (κ2) is 2.69. The van der Waals surface area contributed by atoms with E-state index >= 15 is 0 Å². The summed E-state index contributed by atoms with van der Waals surface area (Å²) in [6.45, 7) is 1.47. The molecule has 1 aromatic heterocycles. The number of nitrogens with zero attached hydrogens (tertiary/aromatic N) is 2. The molecule has 0 unspecified atom stereocenters. The zero-order valence-corrected chi connectivity index (χ0v) is 6.58. The fourth-order valence-corrected chi connectivity index (χ4v) is 1.31. The molecular formula is C7H10N4O. The summed E-state index contributed by atoms with van der Waals surface area (Å²) < 4.78 is 5.20. The molecule has 12 heavy (non-hydrogen) atoms. The number of aromatic nitrogens is 2. The number of anilines is 1. The molecule has 64 valence electrons. The maximum Gasteiger partial charge on any atom is 0.220 e. The molecule has 5 nitrogen and oxygen atoms in total. The molecule has 1 aliphatic rings. The molecule has 0 atom stereocenters. The van der Waals surface area contributed by atoms with Crippen molar-refractivity contribution in [1.29, 1.82) is 0 Å². The summed E-state index contributed by atoms with van der Waals surface area (Å²) in [5, 5.41) is 0. The largest absolute Gasteiger partial charge is 0.370 e. The van der Waals surface area contributed by atoms with Crippen LogP contribution in [0.2, 0.25) is 0 Å². The van der Waals surface area contributed by atoms with E-state index in [1.165, 1.54) is 0 Å². The molecule has 0 spiro atoms. The molecule has 1 aliphatic heterocycles. The van der Waals surface area contributed by atoms with Crippen LogP contribution in [-0.2, 0) is 24.5 Å². The maximum absolute atomic E-state index is 5.49. The number of nitrogens with two attached hydrogens (primary N) is 2. The van der Waals surface area contributed by atoms with Crippen molar-refractivity contribution in [3.05, 3.63) is 17.0 Å². The van der Waals surface area contributed by atoms with Crippen LogP contribution in [0.25, 0.3) is 0 Å². The van der Waals surface area contributed by atoms with E-state index in [0.717, 1.165) is 17.0 Å². The van der Waals surface area contributed by atoms with Crippen molar-refractivity contribution in [2.45, 2.75) is 19.8 Å².